The van der Waals surface area contributed by atoms with E-state index < -0.39 is 5.97 Å². The van der Waals surface area contributed by atoms with Crippen LogP contribution in [0.4, 0.5) is 0 Å². The van der Waals surface area contributed by atoms with E-state index in [2.05, 4.69) is 0 Å². The Morgan fingerprint density at radius 2 is 1.81 bits per heavy atom. The van der Waals surface area contributed by atoms with Crippen LogP contribution in [0.1, 0.15) is 58.4 Å². The lowest BCUT2D eigenvalue weighted by molar-refractivity contribution is 0.0548. The number of hydrogen-bond acceptors (Lipinski definition) is 2. The fourth-order valence-electron chi connectivity index (χ4n) is 3.90. The number of nitrogens with zero attached hydrogens (tertiary/aromatic N) is 1. The molecule has 0 bridgehead atoms. The molecular weight excluding hydrogens is 266 g/mol. The molecule has 2 aliphatic rings. The summed E-state index contributed by atoms with van der Waals surface area (Å²) in [6, 6.07) is 5.28. The molecule has 4 heteroatoms. The van der Waals surface area contributed by atoms with Crippen molar-refractivity contribution < 1.29 is 14.7 Å². The zero-order chi connectivity index (χ0) is 15.0. The molecule has 1 aliphatic carbocycles. The average Bonchev–Trinajstić information content (AvgIpc) is 2.94. The number of piperidine rings is 1. The van der Waals surface area contributed by atoms with Crippen LogP contribution in [0.3, 0.4) is 0 Å². The molecule has 1 saturated carbocycles. The Bertz CT molecular complexity index is 581. The maximum Gasteiger partial charge on any atom is 0.335 e. The van der Waals surface area contributed by atoms with Gasteiger partial charge in [-0.2, -0.15) is 0 Å². The van der Waals surface area contributed by atoms with Crippen molar-refractivity contribution in [2.45, 2.75) is 45.1 Å². The lowest BCUT2D eigenvalue weighted by atomic mass is 9.91. The van der Waals surface area contributed by atoms with E-state index in [0.717, 1.165) is 24.9 Å². The van der Waals surface area contributed by atoms with Crippen molar-refractivity contribution in [3.63, 3.8) is 0 Å². The number of fused-ring (bicyclic) bond motifs is 1. The largest absolute Gasteiger partial charge is 0.478 e. The molecule has 1 aromatic rings. The monoisotopic (exact) mass is 287 g/mol. The number of carbonyl (C=O) groups excluding carboxylic acids is 1. The number of benzene rings is 1. The fraction of sp³-hybridized carbons (Fsp3) is 0.529. The van der Waals surface area contributed by atoms with Gasteiger partial charge in [0.2, 0.25) is 0 Å². The summed E-state index contributed by atoms with van der Waals surface area (Å²) in [4.78, 5) is 26.0. The predicted octanol–water partition coefficient (Wildman–Crippen LogP) is 3.10. The SMILES string of the molecule is Cc1cc(C(=O)O)cc(C(=O)N2CCCC3CCCC32)c1. The molecule has 1 N–H and O–H groups in total. The van der Waals surface area contributed by atoms with Gasteiger partial charge in [-0.15, -0.1) is 0 Å². The van der Waals surface area contributed by atoms with Gasteiger partial charge in [0.15, 0.2) is 0 Å². The van der Waals surface area contributed by atoms with E-state index in [1.54, 1.807) is 12.1 Å². The van der Waals surface area contributed by atoms with E-state index in [1.165, 1.54) is 25.3 Å². The van der Waals surface area contributed by atoms with Gasteiger partial charge in [0.05, 0.1) is 5.56 Å². The summed E-state index contributed by atoms with van der Waals surface area (Å²) in [7, 11) is 0. The molecule has 2 atom stereocenters. The number of aromatic carboxylic acids is 1. The molecule has 4 nitrogen and oxygen atoms in total. The van der Waals surface area contributed by atoms with Gasteiger partial charge >= 0.3 is 5.97 Å². The van der Waals surface area contributed by atoms with E-state index in [0.29, 0.717) is 17.5 Å². The lowest BCUT2D eigenvalue weighted by Crippen LogP contribution is -2.46. The standard InChI is InChI=1S/C17H21NO3/c1-11-8-13(10-14(9-11)17(20)21)16(19)18-7-3-5-12-4-2-6-15(12)18/h8-10,12,15H,2-7H2,1H3,(H,20,21). The summed E-state index contributed by atoms with van der Waals surface area (Å²) >= 11 is 0. The number of amides is 1. The summed E-state index contributed by atoms with van der Waals surface area (Å²) < 4.78 is 0. The second-order valence-electron chi connectivity index (χ2n) is 6.29. The Labute approximate surface area is 124 Å². The summed E-state index contributed by atoms with van der Waals surface area (Å²) in [6.07, 6.45) is 5.80. The molecule has 0 radical (unpaired) electrons. The molecule has 2 unspecified atom stereocenters. The highest BCUT2D eigenvalue weighted by molar-refractivity contribution is 5.98. The number of carboxylic acids is 1. The Kier molecular flexibility index (Phi) is 3.70. The summed E-state index contributed by atoms with van der Waals surface area (Å²) in [5.41, 5.74) is 1.52. The Morgan fingerprint density at radius 1 is 1.10 bits per heavy atom. The smallest absolute Gasteiger partial charge is 0.335 e. The van der Waals surface area contributed by atoms with E-state index in [4.69, 9.17) is 5.11 Å². The summed E-state index contributed by atoms with van der Waals surface area (Å²) in [5, 5.41) is 9.15. The van der Waals surface area contributed by atoms with Crippen LogP contribution in [-0.2, 0) is 0 Å². The lowest BCUT2D eigenvalue weighted by Gasteiger charge is -2.38. The van der Waals surface area contributed by atoms with Crippen molar-refractivity contribution in [1.82, 2.24) is 4.90 Å². The van der Waals surface area contributed by atoms with Crippen molar-refractivity contribution >= 4 is 11.9 Å². The molecule has 2 fully saturated rings. The number of likely N-dealkylation sites (tertiary alicyclic amines) is 1. The van der Waals surface area contributed by atoms with Gasteiger partial charge in [-0.3, -0.25) is 4.79 Å². The first-order chi connectivity index (χ1) is 10.1. The third-order valence-corrected chi connectivity index (χ3v) is 4.83. The maximum atomic E-state index is 12.8. The molecular formula is C17H21NO3. The van der Waals surface area contributed by atoms with Crippen molar-refractivity contribution in [1.29, 1.82) is 0 Å². The van der Waals surface area contributed by atoms with Gasteiger partial charge in [0.1, 0.15) is 0 Å². The minimum Gasteiger partial charge on any atom is -0.478 e. The Hall–Kier alpha value is -1.84. The van der Waals surface area contributed by atoms with Crippen LogP contribution in [0.25, 0.3) is 0 Å². The third-order valence-electron chi connectivity index (χ3n) is 4.83. The molecule has 1 heterocycles. The normalized spacial score (nSPS) is 24.7. The number of carbonyl (C=O) groups is 2. The van der Waals surface area contributed by atoms with E-state index in [9.17, 15) is 9.59 Å². The van der Waals surface area contributed by atoms with Crippen LogP contribution in [0.5, 0.6) is 0 Å². The minimum absolute atomic E-state index is 0.00204. The van der Waals surface area contributed by atoms with Crippen LogP contribution < -0.4 is 0 Å². The van der Waals surface area contributed by atoms with E-state index >= 15 is 0 Å². The number of hydrogen-bond donors (Lipinski definition) is 1. The second-order valence-corrected chi connectivity index (χ2v) is 6.29. The first-order valence-electron chi connectivity index (χ1n) is 7.72. The average molecular weight is 287 g/mol. The molecule has 1 aliphatic heterocycles. The van der Waals surface area contributed by atoms with E-state index in [-0.39, 0.29) is 11.5 Å². The number of rotatable bonds is 2. The zero-order valence-electron chi connectivity index (χ0n) is 12.3. The summed E-state index contributed by atoms with van der Waals surface area (Å²) in [5.74, 6) is -0.339. The molecule has 0 spiro atoms. The van der Waals surface area contributed by atoms with Crippen molar-refractivity contribution in [2.75, 3.05) is 6.54 Å². The van der Waals surface area contributed by atoms with E-state index in [1.807, 2.05) is 11.8 Å². The first kappa shape index (κ1) is 14.1. The van der Waals surface area contributed by atoms with Gasteiger partial charge in [-0.25, -0.2) is 4.79 Å². The fourth-order valence-corrected chi connectivity index (χ4v) is 3.90. The quantitative estimate of drug-likeness (QED) is 0.909. The molecule has 1 amide bonds. The second kappa shape index (κ2) is 5.51. The third kappa shape index (κ3) is 2.67. The highest BCUT2D eigenvalue weighted by Gasteiger charge is 2.37. The Balaban J connectivity index is 1.89. The van der Waals surface area contributed by atoms with Crippen molar-refractivity contribution in [3.05, 3.63) is 34.9 Å². The molecule has 1 saturated heterocycles. The van der Waals surface area contributed by atoms with Crippen LogP contribution in [0.15, 0.2) is 18.2 Å². The summed E-state index contributed by atoms with van der Waals surface area (Å²) in [6.45, 7) is 2.63. The van der Waals surface area contributed by atoms with Gasteiger partial charge in [0, 0.05) is 18.2 Å². The molecule has 1 aromatic carbocycles. The molecule has 0 aromatic heterocycles. The molecule has 21 heavy (non-hydrogen) atoms. The highest BCUT2D eigenvalue weighted by Crippen LogP contribution is 2.37. The number of aryl methyl sites for hydroxylation is 1. The van der Waals surface area contributed by atoms with Crippen molar-refractivity contribution in [3.8, 4) is 0 Å². The minimum atomic E-state index is -0.981. The van der Waals surface area contributed by atoms with Crippen LogP contribution in [0.2, 0.25) is 0 Å². The molecule has 112 valence electrons. The van der Waals surface area contributed by atoms with Crippen LogP contribution in [-0.4, -0.2) is 34.5 Å². The first-order valence-corrected chi connectivity index (χ1v) is 7.72. The van der Waals surface area contributed by atoms with Gasteiger partial charge in [-0.1, -0.05) is 6.42 Å². The van der Waals surface area contributed by atoms with Crippen LogP contribution >= 0.6 is 0 Å². The number of carboxylic acid groups (broad SMARTS) is 1. The van der Waals surface area contributed by atoms with Crippen molar-refractivity contribution in [2.24, 2.45) is 5.92 Å². The van der Waals surface area contributed by atoms with Gasteiger partial charge in [0.25, 0.3) is 5.91 Å². The predicted molar refractivity (Wildman–Crippen MR) is 79.5 cm³/mol. The molecule has 3 rings (SSSR count). The maximum absolute atomic E-state index is 12.8. The van der Waals surface area contributed by atoms with Gasteiger partial charge < -0.3 is 10.0 Å². The highest BCUT2D eigenvalue weighted by atomic mass is 16.4. The van der Waals surface area contributed by atoms with Crippen LogP contribution in [0, 0.1) is 12.8 Å². The topological polar surface area (TPSA) is 57.6 Å². The Morgan fingerprint density at radius 3 is 2.57 bits per heavy atom. The van der Waals surface area contributed by atoms with Gasteiger partial charge in [-0.05, 0) is 62.3 Å². The zero-order valence-corrected chi connectivity index (χ0v) is 12.3.